The van der Waals surface area contributed by atoms with Gasteiger partial charge < -0.3 is 15.1 Å². The monoisotopic (exact) mass is 206 g/mol. The average molecular weight is 206 g/mol. The highest BCUT2D eigenvalue weighted by Crippen LogP contribution is 2.11. The van der Waals surface area contributed by atoms with E-state index in [4.69, 9.17) is 10.0 Å². The second kappa shape index (κ2) is 4.84. The summed E-state index contributed by atoms with van der Waals surface area (Å²) in [5, 5.41) is 27.7. The Morgan fingerprint density at radius 3 is 1.93 bits per heavy atom. The Labute approximate surface area is 91.0 Å². The maximum atomic E-state index is 9.47. The van der Waals surface area contributed by atoms with Crippen molar-refractivity contribution < 1.29 is 15.1 Å². The molecule has 5 heteroatoms. The van der Waals surface area contributed by atoms with Crippen molar-refractivity contribution in [1.82, 2.24) is 0 Å². The van der Waals surface area contributed by atoms with E-state index in [0.717, 1.165) is 5.56 Å². The molecule has 15 heavy (non-hydrogen) atoms. The second-order valence-electron chi connectivity index (χ2n) is 4.14. The fraction of sp³-hybridized carbons (Fsp3) is 0.400. The van der Waals surface area contributed by atoms with Crippen molar-refractivity contribution in [2.24, 2.45) is 0 Å². The first-order valence-corrected chi connectivity index (χ1v) is 5.10. The zero-order chi connectivity index (χ0) is 11.6. The van der Waals surface area contributed by atoms with Crippen molar-refractivity contribution in [2.45, 2.75) is 26.6 Å². The molecular formula is C10H16B2O3. The third kappa shape index (κ3) is 3.09. The Balaban J connectivity index is 3.20. The Bertz CT molecular complexity index is 273. The van der Waals surface area contributed by atoms with Crippen LogP contribution in [0.25, 0.3) is 0 Å². The van der Waals surface area contributed by atoms with Gasteiger partial charge in [-0.2, -0.15) is 0 Å². The average Bonchev–Trinajstić information content (AvgIpc) is 2.16. The van der Waals surface area contributed by atoms with Gasteiger partial charge in [0.2, 0.25) is 0 Å². The van der Waals surface area contributed by atoms with Crippen molar-refractivity contribution in [1.29, 1.82) is 0 Å². The van der Waals surface area contributed by atoms with Gasteiger partial charge in [0.1, 0.15) is 0 Å². The van der Waals surface area contributed by atoms with E-state index < -0.39 is 14.0 Å². The lowest BCUT2D eigenvalue weighted by molar-refractivity contribution is 0.425. The van der Waals surface area contributed by atoms with Crippen molar-refractivity contribution >= 4 is 25.0 Å². The highest BCUT2D eigenvalue weighted by Gasteiger charge is 2.17. The standard InChI is InChI=1S/C10H16B2O3/c1-7(2)8-4-9(11(3)13)6-10(5-8)12(14)15/h4-7,13-15H,1-3H3. The summed E-state index contributed by atoms with van der Waals surface area (Å²) in [6, 6.07) is 5.25. The largest absolute Gasteiger partial charge is 0.488 e. The van der Waals surface area contributed by atoms with Gasteiger partial charge in [-0.3, -0.25) is 0 Å². The molecule has 0 aliphatic carbocycles. The molecule has 0 heterocycles. The van der Waals surface area contributed by atoms with Gasteiger partial charge in [0.05, 0.1) is 0 Å². The first kappa shape index (κ1) is 12.3. The zero-order valence-corrected chi connectivity index (χ0v) is 9.31. The van der Waals surface area contributed by atoms with Crippen molar-refractivity contribution in [2.75, 3.05) is 0 Å². The molecular weight excluding hydrogens is 190 g/mol. The second-order valence-corrected chi connectivity index (χ2v) is 4.14. The van der Waals surface area contributed by atoms with E-state index in [-0.39, 0.29) is 0 Å². The van der Waals surface area contributed by atoms with Crippen LogP contribution in [0.1, 0.15) is 25.3 Å². The Morgan fingerprint density at radius 2 is 1.53 bits per heavy atom. The maximum Gasteiger partial charge on any atom is 0.488 e. The number of hydrogen-bond acceptors (Lipinski definition) is 3. The molecule has 0 saturated heterocycles. The lowest BCUT2D eigenvalue weighted by Crippen LogP contribution is -2.37. The van der Waals surface area contributed by atoms with Crippen LogP contribution >= 0.6 is 0 Å². The van der Waals surface area contributed by atoms with E-state index in [0.29, 0.717) is 16.8 Å². The normalized spacial score (nSPS) is 10.6. The van der Waals surface area contributed by atoms with Crippen LogP contribution in [0.3, 0.4) is 0 Å². The highest BCUT2D eigenvalue weighted by atomic mass is 16.4. The molecule has 80 valence electrons. The third-order valence-electron chi connectivity index (χ3n) is 2.45. The Kier molecular flexibility index (Phi) is 3.96. The van der Waals surface area contributed by atoms with Gasteiger partial charge in [-0.15, -0.1) is 0 Å². The first-order chi connectivity index (χ1) is 6.91. The highest BCUT2D eigenvalue weighted by molar-refractivity contribution is 6.66. The van der Waals surface area contributed by atoms with E-state index >= 15 is 0 Å². The van der Waals surface area contributed by atoms with Crippen LogP contribution in [0, 0.1) is 0 Å². The molecule has 0 spiro atoms. The van der Waals surface area contributed by atoms with E-state index in [2.05, 4.69) is 0 Å². The van der Waals surface area contributed by atoms with Gasteiger partial charge in [0.25, 0.3) is 0 Å². The molecule has 0 aliphatic heterocycles. The third-order valence-corrected chi connectivity index (χ3v) is 2.45. The number of benzene rings is 1. The summed E-state index contributed by atoms with van der Waals surface area (Å²) < 4.78 is 0. The minimum Gasteiger partial charge on any atom is -0.447 e. The maximum absolute atomic E-state index is 9.47. The van der Waals surface area contributed by atoms with Gasteiger partial charge >= 0.3 is 14.0 Å². The van der Waals surface area contributed by atoms with Crippen LogP contribution in [0.4, 0.5) is 0 Å². The van der Waals surface area contributed by atoms with Crippen LogP contribution in [0.5, 0.6) is 0 Å². The smallest absolute Gasteiger partial charge is 0.447 e. The summed E-state index contributed by atoms with van der Waals surface area (Å²) in [6.45, 7) is 5.11. The Hall–Kier alpha value is -0.770. The SMILES string of the molecule is CB(O)c1cc(B(O)O)cc(C(C)C)c1. The van der Waals surface area contributed by atoms with E-state index in [1.807, 2.05) is 19.9 Å². The lowest BCUT2D eigenvalue weighted by Gasteiger charge is -2.12. The summed E-state index contributed by atoms with van der Waals surface area (Å²) in [5.74, 6) is 0.293. The quantitative estimate of drug-likeness (QED) is 0.573. The predicted molar refractivity (Wildman–Crippen MR) is 63.8 cm³/mol. The molecule has 1 aromatic carbocycles. The molecule has 1 aromatic rings. The molecule has 3 N–H and O–H groups in total. The van der Waals surface area contributed by atoms with E-state index in [1.165, 1.54) is 0 Å². The fourth-order valence-corrected chi connectivity index (χ4v) is 1.43. The number of hydrogen-bond donors (Lipinski definition) is 3. The van der Waals surface area contributed by atoms with Crippen LogP contribution < -0.4 is 10.9 Å². The Morgan fingerprint density at radius 1 is 1.00 bits per heavy atom. The van der Waals surface area contributed by atoms with Gasteiger partial charge in [-0.05, 0) is 22.4 Å². The van der Waals surface area contributed by atoms with Crippen LogP contribution in [-0.2, 0) is 0 Å². The molecule has 0 amide bonds. The molecule has 1 rings (SSSR count). The summed E-state index contributed by atoms with van der Waals surface area (Å²) in [5.41, 5.74) is 2.14. The molecule has 0 aromatic heterocycles. The van der Waals surface area contributed by atoms with E-state index in [1.54, 1.807) is 19.0 Å². The minimum atomic E-state index is -1.49. The molecule has 0 saturated carbocycles. The summed E-state index contributed by atoms with van der Waals surface area (Å²) in [6.07, 6.45) is 0. The van der Waals surface area contributed by atoms with Crippen LogP contribution in [0.2, 0.25) is 6.82 Å². The topological polar surface area (TPSA) is 60.7 Å². The van der Waals surface area contributed by atoms with Gasteiger partial charge in [-0.25, -0.2) is 0 Å². The van der Waals surface area contributed by atoms with Crippen LogP contribution in [-0.4, -0.2) is 29.1 Å². The molecule has 0 fully saturated rings. The van der Waals surface area contributed by atoms with Crippen molar-refractivity contribution in [3.05, 3.63) is 23.8 Å². The summed E-state index contributed by atoms with van der Waals surface area (Å²) in [7, 11) is -1.49. The lowest BCUT2D eigenvalue weighted by atomic mass is 9.61. The molecule has 0 aliphatic rings. The van der Waals surface area contributed by atoms with Gasteiger partial charge in [0, 0.05) is 0 Å². The van der Waals surface area contributed by atoms with E-state index in [9.17, 15) is 5.02 Å². The van der Waals surface area contributed by atoms with Crippen molar-refractivity contribution in [3.63, 3.8) is 0 Å². The molecule has 3 nitrogen and oxygen atoms in total. The summed E-state index contributed by atoms with van der Waals surface area (Å²) in [4.78, 5) is 0. The van der Waals surface area contributed by atoms with Crippen molar-refractivity contribution in [3.8, 4) is 0 Å². The molecule has 0 unspecified atom stereocenters. The van der Waals surface area contributed by atoms with Crippen LogP contribution in [0.15, 0.2) is 18.2 Å². The minimum absolute atomic E-state index is 0.293. The molecule has 0 atom stereocenters. The van der Waals surface area contributed by atoms with Gasteiger partial charge in [0.15, 0.2) is 0 Å². The zero-order valence-electron chi connectivity index (χ0n) is 9.31. The first-order valence-electron chi connectivity index (χ1n) is 5.10. The van der Waals surface area contributed by atoms with Gasteiger partial charge in [-0.1, -0.05) is 38.9 Å². The fourth-order valence-electron chi connectivity index (χ4n) is 1.43. The predicted octanol–water partition coefficient (Wildman–Crippen LogP) is -0.690. The summed E-state index contributed by atoms with van der Waals surface area (Å²) >= 11 is 0. The molecule has 0 bridgehead atoms. The number of rotatable bonds is 3. The molecule has 0 radical (unpaired) electrons.